The maximum Gasteiger partial charge on any atom is 0.257 e. The SMILES string of the molecule is COc1ccc(CC(=O)NNC(=S)NC(=O)c2cccc(OC(C)C)c2)cc1. The second-order valence-corrected chi connectivity index (χ2v) is 6.58. The molecule has 0 radical (unpaired) electrons. The molecule has 2 aromatic rings. The number of hydrogen-bond acceptors (Lipinski definition) is 5. The van der Waals surface area contributed by atoms with Gasteiger partial charge in [-0.05, 0) is 62.0 Å². The summed E-state index contributed by atoms with van der Waals surface area (Å²) >= 11 is 5.04. The number of hydrogen-bond donors (Lipinski definition) is 3. The predicted molar refractivity (Wildman–Crippen MR) is 110 cm³/mol. The lowest BCUT2D eigenvalue weighted by molar-refractivity contribution is -0.121. The van der Waals surface area contributed by atoms with Crippen LogP contribution in [0.2, 0.25) is 0 Å². The Kier molecular flexibility index (Phi) is 7.76. The van der Waals surface area contributed by atoms with E-state index < -0.39 is 5.91 Å². The fourth-order valence-electron chi connectivity index (χ4n) is 2.29. The molecular formula is C20H23N3O4S. The lowest BCUT2D eigenvalue weighted by Gasteiger charge is -2.12. The first-order valence-electron chi connectivity index (χ1n) is 8.67. The van der Waals surface area contributed by atoms with Gasteiger partial charge in [-0.2, -0.15) is 0 Å². The lowest BCUT2D eigenvalue weighted by atomic mass is 10.1. The first-order chi connectivity index (χ1) is 13.4. The summed E-state index contributed by atoms with van der Waals surface area (Å²) in [5, 5.41) is 2.49. The highest BCUT2D eigenvalue weighted by atomic mass is 32.1. The van der Waals surface area contributed by atoms with Gasteiger partial charge in [0.1, 0.15) is 11.5 Å². The summed E-state index contributed by atoms with van der Waals surface area (Å²) in [6.07, 6.45) is 0.157. The highest BCUT2D eigenvalue weighted by Crippen LogP contribution is 2.15. The van der Waals surface area contributed by atoms with Crippen molar-refractivity contribution in [2.75, 3.05) is 7.11 Å². The van der Waals surface area contributed by atoms with Gasteiger partial charge < -0.3 is 9.47 Å². The first kappa shape index (κ1) is 21.2. The topological polar surface area (TPSA) is 88.7 Å². The minimum Gasteiger partial charge on any atom is -0.497 e. The third kappa shape index (κ3) is 6.88. The van der Waals surface area contributed by atoms with E-state index in [1.807, 2.05) is 13.8 Å². The van der Waals surface area contributed by atoms with Crippen molar-refractivity contribution in [1.82, 2.24) is 16.2 Å². The molecule has 0 aliphatic carbocycles. The number of rotatable bonds is 6. The van der Waals surface area contributed by atoms with Crippen LogP contribution >= 0.6 is 12.2 Å². The van der Waals surface area contributed by atoms with Crippen LogP contribution in [-0.4, -0.2) is 30.1 Å². The number of carbonyl (C=O) groups is 2. The zero-order chi connectivity index (χ0) is 20.5. The Labute approximate surface area is 169 Å². The molecular weight excluding hydrogens is 378 g/mol. The van der Waals surface area contributed by atoms with E-state index in [1.54, 1.807) is 55.6 Å². The second-order valence-electron chi connectivity index (χ2n) is 6.18. The third-order valence-electron chi connectivity index (χ3n) is 3.53. The van der Waals surface area contributed by atoms with Gasteiger partial charge in [-0.15, -0.1) is 0 Å². The molecule has 148 valence electrons. The molecule has 0 aliphatic rings. The maximum absolute atomic E-state index is 12.3. The fourth-order valence-corrected chi connectivity index (χ4v) is 2.43. The number of ether oxygens (including phenoxy) is 2. The van der Waals surface area contributed by atoms with Gasteiger partial charge in [-0.3, -0.25) is 25.8 Å². The standard InChI is InChI=1S/C20H23N3O4S/c1-13(2)27-17-6-4-5-15(12-17)19(25)21-20(28)23-22-18(24)11-14-7-9-16(26-3)10-8-14/h4-10,12-13H,11H2,1-3H3,(H,22,24)(H2,21,23,25,28). The smallest absolute Gasteiger partial charge is 0.257 e. The summed E-state index contributed by atoms with van der Waals surface area (Å²) in [5.74, 6) is 0.605. The first-order valence-corrected chi connectivity index (χ1v) is 9.08. The Morgan fingerprint density at radius 2 is 1.75 bits per heavy atom. The van der Waals surface area contributed by atoms with Crippen LogP contribution in [0.3, 0.4) is 0 Å². The van der Waals surface area contributed by atoms with Crippen molar-refractivity contribution < 1.29 is 19.1 Å². The molecule has 2 aromatic carbocycles. The summed E-state index contributed by atoms with van der Waals surface area (Å²) in [6, 6.07) is 13.9. The molecule has 0 saturated heterocycles. The van der Waals surface area contributed by atoms with Gasteiger partial charge in [0.2, 0.25) is 5.91 Å². The van der Waals surface area contributed by atoms with E-state index in [2.05, 4.69) is 16.2 Å². The number of thiocarbonyl (C=S) groups is 1. The van der Waals surface area contributed by atoms with E-state index in [4.69, 9.17) is 21.7 Å². The molecule has 0 atom stereocenters. The van der Waals surface area contributed by atoms with Crippen LogP contribution in [0.4, 0.5) is 0 Å². The Hall–Kier alpha value is -3.13. The van der Waals surface area contributed by atoms with Gasteiger partial charge >= 0.3 is 0 Å². The third-order valence-corrected chi connectivity index (χ3v) is 3.74. The summed E-state index contributed by atoms with van der Waals surface area (Å²) in [4.78, 5) is 24.3. The average Bonchev–Trinajstić information content (AvgIpc) is 2.66. The van der Waals surface area contributed by atoms with Gasteiger partial charge in [0, 0.05) is 5.56 Å². The van der Waals surface area contributed by atoms with Crippen LogP contribution in [0, 0.1) is 0 Å². The Balaban J connectivity index is 1.81. The number of benzene rings is 2. The molecule has 0 unspecified atom stereocenters. The highest BCUT2D eigenvalue weighted by molar-refractivity contribution is 7.80. The van der Waals surface area contributed by atoms with Crippen LogP contribution < -0.4 is 25.6 Å². The molecule has 0 bridgehead atoms. The van der Waals surface area contributed by atoms with Crippen molar-refractivity contribution in [1.29, 1.82) is 0 Å². The molecule has 28 heavy (non-hydrogen) atoms. The molecule has 7 nitrogen and oxygen atoms in total. The molecule has 3 N–H and O–H groups in total. The Morgan fingerprint density at radius 1 is 1.04 bits per heavy atom. The molecule has 0 heterocycles. The molecule has 0 aromatic heterocycles. The van der Waals surface area contributed by atoms with E-state index in [-0.39, 0.29) is 23.5 Å². The summed E-state index contributed by atoms with van der Waals surface area (Å²) in [7, 11) is 1.58. The molecule has 0 saturated carbocycles. The number of nitrogens with one attached hydrogen (secondary N) is 3. The number of carbonyl (C=O) groups excluding carboxylic acids is 2. The summed E-state index contributed by atoms with van der Waals surface area (Å²) in [6.45, 7) is 3.81. The number of hydrazine groups is 1. The van der Waals surface area contributed by atoms with Crippen LogP contribution in [0.25, 0.3) is 0 Å². The molecule has 0 spiro atoms. The fraction of sp³-hybridized carbons (Fsp3) is 0.250. The van der Waals surface area contributed by atoms with Gasteiger partial charge in [-0.25, -0.2) is 0 Å². The van der Waals surface area contributed by atoms with Gasteiger partial charge in [0.05, 0.1) is 19.6 Å². The van der Waals surface area contributed by atoms with Crippen LogP contribution in [0.5, 0.6) is 11.5 Å². The van der Waals surface area contributed by atoms with Gasteiger partial charge in [0.25, 0.3) is 5.91 Å². The van der Waals surface area contributed by atoms with E-state index in [0.717, 1.165) is 5.56 Å². The summed E-state index contributed by atoms with van der Waals surface area (Å²) < 4.78 is 10.6. The minimum atomic E-state index is -0.406. The Bertz CT molecular complexity index is 838. The molecule has 0 aliphatic heterocycles. The zero-order valence-corrected chi connectivity index (χ0v) is 16.8. The van der Waals surface area contributed by atoms with E-state index in [1.165, 1.54) is 0 Å². The van der Waals surface area contributed by atoms with Crippen molar-refractivity contribution in [3.63, 3.8) is 0 Å². The highest BCUT2D eigenvalue weighted by Gasteiger charge is 2.10. The van der Waals surface area contributed by atoms with E-state index in [9.17, 15) is 9.59 Å². The van der Waals surface area contributed by atoms with E-state index in [0.29, 0.717) is 17.1 Å². The molecule has 2 amide bonds. The molecule has 0 fully saturated rings. The molecule has 2 rings (SSSR count). The largest absolute Gasteiger partial charge is 0.497 e. The van der Waals surface area contributed by atoms with Crippen LogP contribution in [-0.2, 0) is 11.2 Å². The summed E-state index contributed by atoms with van der Waals surface area (Å²) in [5.41, 5.74) is 6.18. The maximum atomic E-state index is 12.3. The quantitative estimate of drug-likeness (QED) is 0.509. The van der Waals surface area contributed by atoms with E-state index >= 15 is 0 Å². The van der Waals surface area contributed by atoms with Crippen LogP contribution in [0.1, 0.15) is 29.8 Å². The minimum absolute atomic E-state index is 0.00182. The van der Waals surface area contributed by atoms with Gasteiger partial charge in [-0.1, -0.05) is 18.2 Å². The number of methoxy groups -OCH3 is 1. The van der Waals surface area contributed by atoms with Crippen molar-refractivity contribution >= 4 is 29.1 Å². The van der Waals surface area contributed by atoms with Crippen molar-refractivity contribution in [3.8, 4) is 11.5 Å². The van der Waals surface area contributed by atoms with Crippen molar-refractivity contribution in [3.05, 3.63) is 59.7 Å². The normalized spacial score (nSPS) is 10.1. The lowest BCUT2D eigenvalue weighted by Crippen LogP contribution is -2.48. The van der Waals surface area contributed by atoms with Crippen molar-refractivity contribution in [2.24, 2.45) is 0 Å². The number of amides is 2. The average molecular weight is 401 g/mol. The second kappa shape index (κ2) is 10.3. The zero-order valence-electron chi connectivity index (χ0n) is 15.9. The van der Waals surface area contributed by atoms with Crippen molar-refractivity contribution in [2.45, 2.75) is 26.4 Å². The monoisotopic (exact) mass is 401 g/mol. The Morgan fingerprint density at radius 3 is 2.39 bits per heavy atom. The molecule has 8 heteroatoms. The van der Waals surface area contributed by atoms with Crippen LogP contribution in [0.15, 0.2) is 48.5 Å². The van der Waals surface area contributed by atoms with Gasteiger partial charge in [0.15, 0.2) is 5.11 Å². The predicted octanol–water partition coefficient (Wildman–Crippen LogP) is 2.36.